The molecule has 0 spiro atoms. The van der Waals surface area contributed by atoms with Gasteiger partial charge in [-0.25, -0.2) is 0 Å². The number of nitriles is 1. The van der Waals surface area contributed by atoms with E-state index in [0.717, 1.165) is 24.3 Å². The third kappa shape index (κ3) is 2.34. The van der Waals surface area contributed by atoms with Crippen LogP contribution in [0.25, 0.3) is 0 Å². The Morgan fingerprint density at radius 2 is 2.44 bits per heavy atom. The van der Waals surface area contributed by atoms with Crippen LogP contribution in [0, 0.1) is 18.3 Å². The summed E-state index contributed by atoms with van der Waals surface area (Å²) in [5, 5.41) is 12.4. The molecule has 1 fully saturated rings. The molecule has 1 aliphatic heterocycles. The van der Waals surface area contributed by atoms with E-state index in [0.29, 0.717) is 18.2 Å². The van der Waals surface area contributed by atoms with Crippen LogP contribution >= 0.6 is 0 Å². The van der Waals surface area contributed by atoms with E-state index in [-0.39, 0.29) is 0 Å². The SMILES string of the molecule is Cc1cccc(C#N)c1OCC1CCCN1. The van der Waals surface area contributed by atoms with E-state index >= 15 is 0 Å². The number of nitrogens with one attached hydrogen (secondary N) is 1. The van der Waals surface area contributed by atoms with Gasteiger partial charge in [-0.3, -0.25) is 0 Å². The van der Waals surface area contributed by atoms with Crippen LogP contribution < -0.4 is 10.1 Å². The van der Waals surface area contributed by atoms with Crippen LogP contribution in [0.2, 0.25) is 0 Å². The van der Waals surface area contributed by atoms with Crippen LogP contribution in [0.15, 0.2) is 18.2 Å². The second-order valence-corrected chi connectivity index (χ2v) is 4.17. The average molecular weight is 216 g/mol. The number of hydrogen-bond donors (Lipinski definition) is 1. The van der Waals surface area contributed by atoms with Crippen molar-refractivity contribution in [1.82, 2.24) is 5.32 Å². The van der Waals surface area contributed by atoms with Crippen LogP contribution in [0.4, 0.5) is 0 Å². The Labute approximate surface area is 96.0 Å². The maximum atomic E-state index is 8.99. The minimum atomic E-state index is 0.436. The highest BCUT2D eigenvalue weighted by Crippen LogP contribution is 2.23. The van der Waals surface area contributed by atoms with Crippen molar-refractivity contribution in [3.05, 3.63) is 29.3 Å². The molecule has 1 aromatic rings. The van der Waals surface area contributed by atoms with E-state index in [2.05, 4.69) is 11.4 Å². The van der Waals surface area contributed by atoms with Gasteiger partial charge in [0.05, 0.1) is 5.56 Å². The van der Waals surface area contributed by atoms with Gasteiger partial charge in [-0.1, -0.05) is 12.1 Å². The van der Waals surface area contributed by atoms with Crippen molar-refractivity contribution in [2.24, 2.45) is 0 Å². The van der Waals surface area contributed by atoms with Crippen LogP contribution in [-0.2, 0) is 0 Å². The molecule has 0 aliphatic carbocycles. The zero-order valence-corrected chi connectivity index (χ0v) is 9.49. The molecule has 0 bridgehead atoms. The Morgan fingerprint density at radius 3 is 3.12 bits per heavy atom. The maximum absolute atomic E-state index is 8.99. The molecule has 1 aliphatic rings. The molecule has 1 unspecified atom stereocenters. The summed E-state index contributed by atoms with van der Waals surface area (Å²) in [4.78, 5) is 0. The van der Waals surface area contributed by atoms with Crippen molar-refractivity contribution < 1.29 is 4.74 Å². The Morgan fingerprint density at radius 1 is 1.56 bits per heavy atom. The third-order valence-corrected chi connectivity index (χ3v) is 2.92. The summed E-state index contributed by atoms with van der Waals surface area (Å²) in [6.07, 6.45) is 2.38. The first-order valence-corrected chi connectivity index (χ1v) is 5.67. The summed E-state index contributed by atoms with van der Waals surface area (Å²) >= 11 is 0. The number of hydrogen-bond acceptors (Lipinski definition) is 3. The number of rotatable bonds is 3. The lowest BCUT2D eigenvalue weighted by Gasteiger charge is -2.14. The summed E-state index contributed by atoms with van der Waals surface area (Å²) < 4.78 is 5.76. The Hall–Kier alpha value is -1.53. The molecule has 1 N–H and O–H groups in total. The van der Waals surface area contributed by atoms with E-state index in [1.54, 1.807) is 6.07 Å². The second-order valence-electron chi connectivity index (χ2n) is 4.17. The van der Waals surface area contributed by atoms with Crippen LogP contribution in [0.3, 0.4) is 0 Å². The summed E-state index contributed by atoms with van der Waals surface area (Å²) in [6, 6.07) is 8.25. The fraction of sp³-hybridized carbons (Fsp3) is 0.462. The van der Waals surface area contributed by atoms with Crippen molar-refractivity contribution in [1.29, 1.82) is 5.26 Å². The van der Waals surface area contributed by atoms with E-state index in [9.17, 15) is 0 Å². The second kappa shape index (κ2) is 5.00. The summed E-state index contributed by atoms with van der Waals surface area (Å²) in [6.45, 7) is 3.70. The van der Waals surface area contributed by atoms with Gasteiger partial charge in [0, 0.05) is 6.04 Å². The first kappa shape index (κ1) is 11.0. The number of para-hydroxylation sites is 1. The first-order valence-electron chi connectivity index (χ1n) is 5.67. The molecule has 0 saturated carbocycles. The highest BCUT2D eigenvalue weighted by Gasteiger charge is 2.15. The summed E-state index contributed by atoms with van der Waals surface area (Å²) in [5.41, 5.74) is 1.65. The molecule has 0 amide bonds. The number of nitrogens with zero attached hydrogens (tertiary/aromatic N) is 1. The summed E-state index contributed by atoms with van der Waals surface area (Å²) in [5.74, 6) is 0.735. The van der Waals surface area contributed by atoms with Gasteiger partial charge in [0.15, 0.2) is 0 Å². The molecule has 1 saturated heterocycles. The van der Waals surface area contributed by atoms with Crippen molar-refractivity contribution >= 4 is 0 Å². The largest absolute Gasteiger partial charge is 0.490 e. The molecule has 1 aromatic carbocycles. The van der Waals surface area contributed by atoms with Gasteiger partial charge in [0.1, 0.15) is 18.4 Å². The molecule has 1 heterocycles. The summed E-state index contributed by atoms with van der Waals surface area (Å²) in [7, 11) is 0. The van der Waals surface area contributed by atoms with Gasteiger partial charge in [0.2, 0.25) is 0 Å². The number of benzene rings is 1. The normalized spacial score (nSPS) is 19.4. The van der Waals surface area contributed by atoms with Crippen LogP contribution in [-0.4, -0.2) is 19.2 Å². The molecule has 2 rings (SSSR count). The van der Waals surface area contributed by atoms with E-state index in [1.165, 1.54) is 6.42 Å². The molecule has 84 valence electrons. The molecule has 16 heavy (non-hydrogen) atoms. The van der Waals surface area contributed by atoms with Crippen molar-refractivity contribution in [3.63, 3.8) is 0 Å². The van der Waals surface area contributed by atoms with E-state index in [4.69, 9.17) is 10.00 Å². The minimum Gasteiger partial charge on any atom is -0.490 e. The molecular formula is C13H16N2O. The quantitative estimate of drug-likeness (QED) is 0.840. The van der Waals surface area contributed by atoms with Crippen molar-refractivity contribution in [2.75, 3.05) is 13.2 Å². The van der Waals surface area contributed by atoms with Crippen molar-refractivity contribution in [3.8, 4) is 11.8 Å². The van der Waals surface area contributed by atoms with Crippen molar-refractivity contribution in [2.45, 2.75) is 25.8 Å². The molecular weight excluding hydrogens is 200 g/mol. The Kier molecular flexibility index (Phi) is 3.43. The van der Waals surface area contributed by atoms with Crippen LogP contribution in [0.5, 0.6) is 5.75 Å². The van der Waals surface area contributed by atoms with Gasteiger partial charge in [-0.2, -0.15) is 5.26 Å². The zero-order chi connectivity index (χ0) is 11.4. The van der Waals surface area contributed by atoms with E-state index in [1.807, 2.05) is 19.1 Å². The topological polar surface area (TPSA) is 45.0 Å². The highest BCUT2D eigenvalue weighted by molar-refractivity contribution is 5.47. The van der Waals surface area contributed by atoms with E-state index < -0.39 is 0 Å². The van der Waals surface area contributed by atoms with Gasteiger partial charge < -0.3 is 10.1 Å². The zero-order valence-electron chi connectivity index (χ0n) is 9.49. The van der Waals surface area contributed by atoms with Crippen LogP contribution in [0.1, 0.15) is 24.0 Å². The average Bonchev–Trinajstić information content (AvgIpc) is 2.80. The molecule has 0 aromatic heterocycles. The fourth-order valence-corrected chi connectivity index (χ4v) is 2.01. The lowest BCUT2D eigenvalue weighted by molar-refractivity contribution is 0.275. The standard InChI is InChI=1S/C13H16N2O/c1-10-4-2-5-11(8-14)13(10)16-9-12-6-3-7-15-12/h2,4-5,12,15H,3,6-7,9H2,1H3. The molecule has 3 heteroatoms. The smallest absolute Gasteiger partial charge is 0.140 e. The number of ether oxygens (including phenoxy) is 1. The predicted octanol–water partition coefficient (Wildman–Crippen LogP) is 2.00. The fourth-order valence-electron chi connectivity index (χ4n) is 2.01. The molecule has 1 atom stereocenters. The lowest BCUT2D eigenvalue weighted by Crippen LogP contribution is -2.28. The third-order valence-electron chi connectivity index (χ3n) is 2.92. The Balaban J connectivity index is 2.05. The monoisotopic (exact) mass is 216 g/mol. The number of aryl methyl sites for hydroxylation is 1. The maximum Gasteiger partial charge on any atom is 0.140 e. The Bertz CT molecular complexity index is 403. The van der Waals surface area contributed by atoms with Gasteiger partial charge in [-0.15, -0.1) is 0 Å². The van der Waals surface area contributed by atoms with Gasteiger partial charge >= 0.3 is 0 Å². The van der Waals surface area contributed by atoms with Gasteiger partial charge in [-0.05, 0) is 37.9 Å². The molecule has 3 nitrogen and oxygen atoms in total. The first-order chi connectivity index (χ1) is 7.81. The lowest BCUT2D eigenvalue weighted by atomic mass is 10.1. The van der Waals surface area contributed by atoms with Gasteiger partial charge in [0.25, 0.3) is 0 Å². The minimum absolute atomic E-state index is 0.436. The molecule has 0 radical (unpaired) electrons. The highest BCUT2D eigenvalue weighted by atomic mass is 16.5. The predicted molar refractivity (Wildman–Crippen MR) is 62.4 cm³/mol.